The van der Waals surface area contributed by atoms with Gasteiger partial charge in [-0.3, -0.25) is 14.5 Å². The Bertz CT molecular complexity index is 787. The fourth-order valence-electron chi connectivity index (χ4n) is 3.11. The van der Waals surface area contributed by atoms with Crippen LogP contribution in [-0.4, -0.2) is 49.6 Å². The Labute approximate surface area is 157 Å². The van der Waals surface area contributed by atoms with Gasteiger partial charge in [0.15, 0.2) is 0 Å². The lowest BCUT2D eigenvalue weighted by atomic mass is 10.0. The van der Waals surface area contributed by atoms with Gasteiger partial charge in [-0.25, -0.2) is 4.39 Å². The summed E-state index contributed by atoms with van der Waals surface area (Å²) in [6.45, 7) is 3.11. The van der Waals surface area contributed by atoms with E-state index >= 15 is 0 Å². The molecule has 1 aliphatic heterocycles. The van der Waals surface area contributed by atoms with Crippen molar-refractivity contribution in [3.63, 3.8) is 0 Å². The average molecular weight is 371 g/mol. The van der Waals surface area contributed by atoms with Crippen molar-refractivity contribution in [3.8, 4) is 0 Å². The number of benzene rings is 2. The second-order valence-corrected chi connectivity index (χ2v) is 6.37. The molecule has 2 aromatic rings. The molecule has 3 rings (SSSR count). The highest BCUT2D eigenvalue weighted by Crippen LogP contribution is 2.22. The highest BCUT2D eigenvalue weighted by molar-refractivity contribution is 5.97. The molecule has 0 aliphatic carbocycles. The van der Waals surface area contributed by atoms with E-state index in [1.54, 1.807) is 24.3 Å². The number of nitrogens with two attached hydrogens (primary N) is 1. The second kappa shape index (κ2) is 8.75. The summed E-state index contributed by atoms with van der Waals surface area (Å²) in [6, 6.07) is 12.4. The maximum Gasteiger partial charge on any atom is 0.251 e. The Hall–Kier alpha value is -2.77. The number of hydrogen-bond acceptors (Lipinski definition) is 4. The summed E-state index contributed by atoms with van der Waals surface area (Å²) in [5.41, 5.74) is 6.94. The van der Waals surface area contributed by atoms with E-state index in [-0.39, 0.29) is 17.8 Å². The molecule has 0 bridgehead atoms. The molecule has 1 atom stereocenters. The van der Waals surface area contributed by atoms with Crippen molar-refractivity contribution in [1.29, 1.82) is 0 Å². The molecule has 1 heterocycles. The van der Waals surface area contributed by atoms with Crippen molar-refractivity contribution in [1.82, 2.24) is 10.2 Å². The number of hydrogen-bond donors (Lipinski definition) is 2. The third-order valence-corrected chi connectivity index (χ3v) is 4.63. The van der Waals surface area contributed by atoms with E-state index in [2.05, 4.69) is 10.2 Å². The summed E-state index contributed by atoms with van der Waals surface area (Å²) in [4.78, 5) is 25.8. The Morgan fingerprint density at radius 2 is 1.63 bits per heavy atom. The Morgan fingerprint density at radius 3 is 2.22 bits per heavy atom. The number of amides is 2. The summed E-state index contributed by atoms with van der Waals surface area (Å²) in [7, 11) is 0. The van der Waals surface area contributed by atoms with Crippen LogP contribution in [0.25, 0.3) is 0 Å². The number of ether oxygens (including phenoxy) is 1. The first kappa shape index (κ1) is 19.0. The second-order valence-electron chi connectivity index (χ2n) is 6.37. The van der Waals surface area contributed by atoms with Gasteiger partial charge in [0.1, 0.15) is 5.82 Å². The van der Waals surface area contributed by atoms with Gasteiger partial charge in [-0.15, -0.1) is 0 Å². The zero-order valence-electron chi connectivity index (χ0n) is 14.9. The molecule has 142 valence electrons. The van der Waals surface area contributed by atoms with Gasteiger partial charge in [0, 0.05) is 30.8 Å². The van der Waals surface area contributed by atoms with E-state index in [9.17, 15) is 14.0 Å². The maximum absolute atomic E-state index is 13.3. The van der Waals surface area contributed by atoms with E-state index in [0.717, 1.165) is 18.7 Å². The molecule has 27 heavy (non-hydrogen) atoms. The van der Waals surface area contributed by atoms with Crippen LogP contribution in [0.2, 0.25) is 0 Å². The lowest BCUT2D eigenvalue weighted by molar-refractivity contribution is 0.0162. The molecule has 7 heteroatoms. The number of carbonyl (C=O) groups is 2. The van der Waals surface area contributed by atoms with Gasteiger partial charge in [-0.05, 0) is 42.0 Å². The molecule has 1 unspecified atom stereocenters. The molecule has 1 fully saturated rings. The average Bonchev–Trinajstić information content (AvgIpc) is 2.70. The van der Waals surface area contributed by atoms with Crippen molar-refractivity contribution in [3.05, 3.63) is 71.0 Å². The molecule has 3 N–H and O–H groups in total. The van der Waals surface area contributed by atoms with Gasteiger partial charge in [-0.1, -0.05) is 12.1 Å². The highest BCUT2D eigenvalue weighted by atomic mass is 19.1. The lowest BCUT2D eigenvalue weighted by Crippen LogP contribution is -2.43. The third kappa shape index (κ3) is 4.90. The van der Waals surface area contributed by atoms with Crippen LogP contribution in [-0.2, 0) is 4.74 Å². The van der Waals surface area contributed by atoms with E-state index in [0.29, 0.717) is 30.9 Å². The van der Waals surface area contributed by atoms with Gasteiger partial charge < -0.3 is 15.8 Å². The zero-order chi connectivity index (χ0) is 19.2. The highest BCUT2D eigenvalue weighted by Gasteiger charge is 2.23. The van der Waals surface area contributed by atoms with Gasteiger partial charge in [0.25, 0.3) is 5.91 Å². The molecule has 1 saturated heterocycles. The van der Waals surface area contributed by atoms with Gasteiger partial charge in [-0.2, -0.15) is 0 Å². The van der Waals surface area contributed by atoms with Crippen molar-refractivity contribution < 1.29 is 18.7 Å². The zero-order valence-corrected chi connectivity index (χ0v) is 14.9. The molecule has 2 aromatic carbocycles. The fraction of sp³-hybridized carbons (Fsp3) is 0.300. The number of morpholine rings is 1. The number of nitrogens with one attached hydrogen (secondary N) is 1. The molecule has 0 spiro atoms. The van der Waals surface area contributed by atoms with Crippen molar-refractivity contribution in [2.75, 3.05) is 32.8 Å². The minimum atomic E-state index is -0.536. The Balaban J connectivity index is 1.70. The third-order valence-electron chi connectivity index (χ3n) is 4.63. The SMILES string of the molecule is NC(=O)c1ccc(C(=O)NCC(c2ccc(F)cc2)N2CCOCC2)cc1. The van der Waals surface area contributed by atoms with Crippen LogP contribution in [0.15, 0.2) is 48.5 Å². The van der Waals surface area contributed by atoms with Gasteiger partial charge >= 0.3 is 0 Å². The first-order valence-corrected chi connectivity index (χ1v) is 8.80. The quantitative estimate of drug-likeness (QED) is 0.810. The largest absolute Gasteiger partial charge is 0.379 e. The van der Waals surface area contributed by atoms with Crippen molar-refractivity contribution >= 4 is 11.8 Å². The smallest absolute Gasteiger partial charge is 0.251 e. The van der Waals surface area contributed by atoms with Crippen LogP contribution in [0.1, 0.15) is 32.3 Å². The molecule has 1 aliphatic rings. The van der Waals surface area contributed by atoms with Crippen LogP contribution in [0.5, 0.6) is 0 Å². The minimum Gasteiger partial charge on any atom is -0.379 e. The molecular weight excluding hydrogens is 349 g/mol. The van der Waals surface area contributed by atoms with Gasteiger partial charge in [0.2, 0.25) is 5.91 Å². The molecule has 6 nitrogen and oxygen atoms in total. The maximum atomic E-state index is 13.3. The monoisotopic (exact) mass is 371 g/mol. The number of halogens is 1. The molecule has 2 amide bonds. The summed E-state index contributed by atoms with van der Waals surface area (Å²) >= 11 is 0. The topological polar surface area (TPSA) is 84.7 Å². The summed E-state index contributed by atoms with van der Waals surface area (Å²) < 4.78 is 18.7. The number of primary amides is 1. The van der Waals surface area contributed by atoms with E-state index < -0.39 is 5.91 Å². The van der Waals surface area contributed by atoms with Gasteiger partial charge in [0.05, 0.1) is 19.3 Å². The molecule has 0 saturated carbocycles. The van der Waals surface area contributed by atoms with Crippen LogP contribution >= 0.6 is 0 Å². The standard InChI is InChI=1S/C20H22FN3O3/c21-17-7-5-14(6-8-17)18(24-9-11-27-12-10-24)13-23-20(26)16-3-1-15(2-4-16)19(22)25/h1-8,18H,9-13H2,(H2,22,25)(H,23,26). The van der Waals surface area contributed by atoms with Crippen molar-refractivity contribution in [2.45, 2.75) is 6.04 Å². The summed E-state index contributed by atoms with van der Waals surface area (Å²) in [5.74, 6) is -1.07. The predicted octanol–water partition coefficient (Wildman–Crippen LogP) is 1.73. The predicted molar refractivity (Wildman–Crippen MR) is 98.8 cm³/mol. The van der Waals surface area contributed by atoms with Crippen LogP contribution in [0, 0.1) is 5.82 Å². The van der Waals surface area contributed by atoms with E-state index in [1.807, 2.05) is 0 Å². The van der Waals surface area contributed by atoms with Crippen molar-refractivity contribution in [2.24, 2.45) is 5.73 Å². The lowest BCUT2D eigenvalue weighted by Gasteiger charge is -2.35. The molecular formula is C20H22FN3O3. The Morgan fingerprint density at radius 1 is 1.04 bits per heavy atom. The molecule has 0 radical (unpaired) electrons. The van der Waals surface area contributed by atoms with Crippen LogP contribution in [0.4, 0.5) is 4.39 Å². The first-order chi connectivity index (χ1) is 13.0. The number of rotatable bonds is 6. The fourth-order valence-corrected chi connectivity index (χ4v) is 3.11. The van der Waals surface area contributed by atoms with E-state index in [4.69, 9.17) is 10.5 Å². The molecule has 0 aromatic heterocycles. The number of nitrogens with zero attached hydrogens (tertiary/aromatic N) is 1. The van der Waals surface area contributed by atoms with Crippen LogP contribution < -0.4 is 11.1 Å². The Kier molecular flexibility index (Phi) is 6.16. The van der Waals surface area contributed by atoms with E-state index in [1.165, 1.54) is 24.3 Å². The summed E-state index contributed by atoms with van der Waals surface area (Å²) in [5, 5.41) is 2.93. The summed E-state index contributed by atoms with van der Waals surface area (Å²) in [6.07, 6.45) is 0. The van der Waals surface area contributed by atoms with Crippen LogP contribution in [0.3, 0.4) is 0 Å². The first-order valence-electron chi connectivity index (χ1n) is 8.80. The normalized spacial score (nSPS) is 15.9. The minimum absolute atomic E-state index is 0.0802. The number of carbonyl (C=O) groups excluding carboxylic acids is 2.